The maximum absolute atomic E-state index is 10.7. The number of primary amides is 1. The van der Waals surface area contributed by atoms with Crippen molar-refractivity contribution in [2.24, 2.45) is 5.73 Å². The van der Waals surface area contributed by atoms with E-state index < -0.39 is 5.91 Å². The average molecular weight is 211 g/mol. The number of carbonyl (C=O) groups excluding carboxylic acids is 1. The van der Waals surface area contributed by atoms with Gasteiger partial charge in [-0.15, -0.1) is 0 Å². The van der Waals surface area contributed by atoms with E-state index in [1.165, 1.54) is 17.0 Å². The van der Waals surface area contributed by atoms with Gasteiger partial charge in [0.05, 0.1) is 0 Å². The molecule has 0 spiro atoms. The summed E-state index contributed by atoms with van der Waals surface area (Å²) in [7, 11) is 0. The summed E-state index contributed by atoms with van der Waals surface area (Å²) in [5, 5.41) is 2.34. The fourth-order valence-corrected chi connectivity index (χ4v) is 1.79. The van der Waals surface area contributed by atoms with Gasteiger partial charge < -0.3 is 5.73 Å². The minimum atomic E-state index is -0.426. The summed E-state index contributed by atoms with van der Waals surface area (Å²) in [6.45, 7) is 2.07. The van der Waals surface area contributed by atoms with Gasteiger partial charge in [0.2, 0.25) is 5.91 Å². The van der Waals surface area contributed by atoms with E-state index in [-0.39, 0.29) is 0 Å². The van der Waals surface area contributed by atoms with Crippen molar-refractivity contribution in [3.8, 4) is 0 Å². The fraction of sp³-hybridized carbons (Fsp3) is 0.0714. The normalized spacial score (nSPS) is 11.1. The molecule has 0 aliphatic heterocycles. The summed E-state index contributed by atoms with van der Waals surface area (Å²) < 4.78 is 0. The maximum atomic E-state index is 10.7. The number of aryl methyl sites for hydroxylation is 1. The van der Waals surface area contributed by atoms with E-state index in [1.807, 2.05) is 30.3 Å². The molecule has 2 nitrogen and oxygen atoms in total. The predicted octanol–water partition coefficient (Wildman–Crippen LogP) is 2.65. The van der Waals surface area contributed by atoms with Crippen LogP contribution >= 0.6 is 0 Å². The Balaban J connectivity index is 2.63. The van der Waals surface area contributed by atoms with Crippen LogP contribution < -0.4 is 5.73 Å². The van der Waals surface area contributed by atoms with E-state index in [2.05, 4.69) is 13.0 Å². The molecule has 2 aromatic rings. The van der Waals surface area contributed by atoms with Crippen molar-refractivity contribution in [3.63, 3.8) is 0 Å². The van der Waals surface area contributed by atoms with Crippen LogP contribution in [0.2, 0.25) is 0 Å². The summed E-state index contributed by atoms with van der Waals surface area (Å²) in [5.74, 6) is -0.426. The molecule has 2 rings (SSSR count). The van der Waals surface area contributed by atoms with E-state index in [0.29, 0.717) is 0 Å². The zero-order chi connectivity index (χ0) is 11.5. The lowest BCUT2D eigenvalue weighted by Crippen LogP contribution is -2.05. The molecule has 0 saturated heterocycles. The lowest BCUT2D eigenvalue weighted by molar-refractivity contribution is -0.113. The van der Waals surface area contributed by atoms with Crippen molar-refractivity contribution in [2.45, 2.75) is 6.92 Å². The standard InChI is InChI=1S/C14H13NO/c1-10-6-7-11(8-9-14(15)16)13-5-3-2-4-12(10)13/h2-9H,1H3,(H2,15,16)/b9-8+. The van der Waals surface area contributed by atoms with Crippen LogP contribution in [0.3, 0.4) is 0 Å². The second-order valence-corrected chi connectivity index (χ2v) is 3.75. The lowest BCUT2D eigenvalue weighted by atomic mass is 10.00. The third-order valence-corrected chi connectivity index (χ3v) is 2.60. The highest BCUT2D eigenvalue weighted by atomic mass is 16.1. The smallest absolute Gasteiger partial charge is 0.241 e. The number of carbonyl (C=O) groups is 1. The molecule has 0 aromatic heterocycles. The molecule has 1 amide bonds. The highest BCUT2D eigenvalue weighted by molar-refractivity contribution is 5.97. The van der Waals surface area contributed by atoms with Gasteiger partial charge in [-0.3, -0.25) is 4.79 Å². The first-order chi connectivity index (χ1) is 7.68. The predicted molar refractivity (Wildman–Crippen MR) is 66.9 cm³/mol. The van der Waals surface area contributed by atoms with Gasteiger partial charge in [0, 0.05) is 6.08 Å². The molecular formula is C14H13NO. The summed E-state index contributed by atoms with van der Waals surface area (Å²) in [5.41, 5.74) is 7.33. The highest BCUT2D eigenvalue weighted by Gasteiger charge is 2.00. The van der Waals surface area contributed by atoms with E-state index >= 15 is 0 Å². The first-order valence-electron chi connectivity index (χ1n) is 5.14. The largest absolute Gasteiger partial charge is 0.366 e. The van der Waals surface area contributed by atoms with Gasteiger partial charge in [-0.05, 0) is 34.9 Å². The van der Waals surface area contributed by atoms with Gasteiger partial charge in [-0.1, -0.05) is 36.4 Å². The molecule has 16 heavy (non-hydrogen) atoms. The van der Waals surface area contributed by atoms with Crippen molar-refractivity contribution >= 4 is 22.8 Å². The molecule has 0 fully saturated rings. The molecule has 80 valence electrons. The topological polar surface area (TPSA) is 43.1 Å². The third-order valence-electron chi connectivity index (χ3n) is 2.60. The molecule has 0 aliphatic carbocycles. The van der Waals surface area contributed by atoms with Crippen molar-refractivity contribution in [1.82, 2.24) is 0 Å². The zero-order valence-corrected chi connectivity index (χ0v) is 9.10. The number of hydrogen-bond donors (Lipinski definition) is 1. The lowest BCUT2D eigenvalue weighted by Gasteiger charge is -2.05. The third kappa shape index (κ3) is 1.96. The van der Waals surface area contributed by atoms with Crippen LogP contribution in [-0.2, 0) is 4.79 Å². The fourth-order valence-electron chi connectivity index (χ4n) is 1.79. The Morgan fingerprint density at radius 2 is 1.81 bits per heavy atom. The molecule has 0 radical (unpaired) electrons. The van der Waals surface area contributed by atoms with Crippen LogP contribution in [0.4, 0.5) is 0 Å². The van der Waals surface area contributed by atoms with E-state index in [1.54, 1.807) is 6.08 Å². The monoisotopic (exact) mass is 211 g/mol. The van der Waals surface area contributed by atoms with Crippen molar-refractivity contribution in [2.75, 3.05) is 0 Å². The van der Waals surface area contributed by atoms with Gasteiger partial charge in [0.1, 0.15) is 0 Å². The second-order valence-electron chi connectivity index (χ2n) is 3.75. The van der Waals surface area contributed by atoms with Crippen molar-refractivity contribution in [3.05, 3.63) is 53.6 Å². The van der Waals surface area contributed by atoms with Crippen LogP contribution in [0.1, 0.15) is 11.1 Å². The first-order valence-corrected chi connectivity index (χ1v) is 5.14. The van der Waals surface area contributed by atoms with Gasteiger partial charge in [0.25, 0.3) is 0 Å². The van der Waals surface area contributed by atoms with Gasteiger partial charge in [-0.2, -0.15) is 0 Å². The van der Waals surface area contributed by atoms with Crippen LogP contribution in [-0.4, -0.2) is 5.91 Å². The maximum Gasteiger partial charge on any atom is 0.241 e. The molecular weight excluding hydrogens is 198 g/mol. The highest BCUT2D eigenvalue weighted by Crippen LogP contribution is 2.23. The van der Waals surface area contributed by atoms with Gasteiger partial charge in [-0.25, -0.2) is 0 Å². The summed E-state index contributed by atoms with van der Waals surface area (Å²) in [6.07, 6.45) is 3.14. The van der Waals surface area contributed by atoms with E-state index in [4.69, 9.17) is 5.73 Å². The Bertz CT molecular complexity index is 570. The van der Waals surface area contributed by atoms with Gasteiger partial charge >= 0.3 is 0 Å². The Kier molecular flexibility index (Phi) is 2.73. The van der Waals surface area contributed by atoms with Crippen LogP contribution in [0, 0.1) is 6.92 Å². The molecule has 2 heteroatoms. The Morgan fingerprint density at radius 1 is 1.12 bits per heavy atom. The van der Waals surface area contributed by atoms with Crippen molar-refractivity contribution < 1.29 is 4.79 Å². The molecule has 2 N–H and O–H groups in total. The zero-order valence-electron chi connectivity index (χ0n) is 9.10. The number of rotatable bonds is 2. The molecule has 0 atom stereocenters. The summed E-state index contributed by atoms with van der Waals surface area (Å²) >= 11 is 0. The molecule has 0 aliphatic rings. The van der Waals surface area contributed by atoms with Crippen LogP contribution in [0.5, 0.6) is 0 Å². The number of fused-ring (bicyclic) bond motifs is 1. The van der Waals surface area contributed by atoms with E-state index in [9.17, 15) is 4.79 Å². The number of benzene rings is 2. The summed E-state index contributed by atoms with van der Waals surface area (Å²) in [4.78, 5) is 10.7. The summed E-state index contributed by atoms with van der Waals surface area (Å²) in [6, 6.07) is 12.2. The quantitative estimate of drug-likeness (QED) is 0.762. The Labute approximate surface area is 94.4 Å². The van der Waals surface area contributed by atoms with Crippen LogP contribution in [0.15, 0.2) is 42.5 Å². The molecule has 0 bridgehead atoms. The Hall–Kier alpha value is -2.09. The molecule has 0 heterocycles. The second kappa shape index (κ2) is 4.19. The molecule has 0 unspecified atom stereocenters. The molecule has 0 saturated carbocycles. The minimum absolute atomic E-state index is 0.426. The molecule has 2 aromatic carbocycles. The Morgan fingerprint density at radius 3 is 2.50 bits per heavy atom. The van der Waals surface area contributed by atoms with Gasteiger partial charge in [0.15, 0.2) is 0 Å². The average Bonchev–Trinajstić information content (AvgIpc) is 2.28. The van der Waals surface area contributed by atoms with Crippen molar-refractivity contribution in [1.29, 1.82) is 0 Å². The number of nitrogens with two attached hydrogens (primary N) is 1. The first kappa shape index (κ1) is 10.4. The van der Waals surface area contributed by atoms with Crippen LogP contribution in [0.25, 0.3) is 16.8 Å². The number of amides is 1. The van der Waals surface area contributed by atoms with E-state index in [0.717, 1.165) is 10.9 Å². The number of hydrogen-bond acceptors (Lipinski definition) is 1. The SMILES string of the molecule is Cc1ccc(/C=C/C(N)=O)c2ccccc12. The minimum Gasteiger partial charge on any atom is -0.366 e.